The van der Waals surface area contributed by atoms with Crippen molar-refractivity contribution < 1.29 is 22.4 Å². The van der Waals surface area contributed by atoms with E-state index in [1.54, 1.807) is 0 Å². The normalized spacial score (nSPS) is 10.6. The molecule has 2 aromatic carbocycles. The molecule has 9 heteroatoms. The minimum atomic E-state index is -1.60. The van der Waals surface area contributed by atoms with Crippen molar-refractivity contribution in [2.24, 2.45) is 0 Å². The number of amides is 1. The van der Waals surface area contributed by atoms with Crippen LogP contribution in [0.4, 0.5) is 34.6 Å². The number of benzene rings is 2. The molecule has 0 unspecified atom stereocenters. The van der Waals surface area contributed by atoms with Crippen molar-refractivity contribution in [1.82, 2.24) is 4.98 Å². The highest BCUT2D eigenvalue weighted by atomic mass is 35.5. The van der Waals surface area contributed by atoms with E-state index < -0.39 is 29.2 Å². The van der Waals surface area contributed by atoms with Gasteiger partial charge in [-0.1, -0.05) is 11.6 Å². The number of carbonyl (C=O) groups is 1. The highest BCUT2D eigenvalue weighted by Crippen LogP contribution is 2.24. The number of aromatic nitrogens is 1. The van der Waals surface area contributed by atoms with Gasteiger partial charge in [0.2, 0.25) is 0 Å². The van der Waals surface area contributed by atoms with Crippen molar-refractivity contribution in [3.8, 4) is 0 Å². The predicted octanol–water partition coefficient (Wildman–Crippen LogP) is 5.29. The largest absolute Gasteiger partial charge is 0.352 e. The third-order valence-corrected chi connectivity index (χ3v) is 3.78. The zero-order valence-corrected chi connectivity index (χ0v) is 14.1. The van der Waals surface area contributed by atoms with E-state index in [0.717, 1.165) is 18.2 Å². The Balaban J connectivity index is 1.72. The summed E-state index contributed by atoms with van der Waals surface area (Å²) in [5, 5.41) is 4.88. The molecule has 1 amide bonds. The SMILES string of the molecule is O=C(Nc1ccc(F)c(Cl)c1)c1ccc(Nc2ccc(F)c(F)c2F)cn1. The molecule has 1 aromatic heterocycles. The van der Waals surface area contributed by atoms with Crippen LogP contribution in [0.1, 0.15) is 10.5 Å². The molecule has 27 heavy (non-hydrogen) atoms. The van der Waals surface area contributed by atoms with Crippen LogP contribution in [0.5, 0.6) is 0 Å². The number of anilines is 3. The minimum Gasteiger partial charge on any atom is -0.352 e. The lowest BCUT2D eigenvalue weighted by Crippen LogP contribution is -2.13. The fourth-order valence-electron chi connectivity index (χ4n) is 2.15. The second-order valence-electron chi connectivity index (χ2n) is 5.36. The molecule has 2 N–H and O–H groups in total. The van der Waals surface area contributed by atoms with Crippen LogP contribution in [0.3, 0.4) is 0 Å². The molecule has 0 saturated carbocycles. The first-order valence-corrected chi connectivity index (χ1v) is 7.86. The Bertz CT molecular complexity index is 1010. The van der Waals surface area contributed by atoms with Gasteiger partial charge in [0.05, 0.1) is 22.6 Å². The van der Waals surface area contributed by atoms with Gasteiger partial charge >= 0.3 is 0 Å². The van der Waals surface area contributed by atoms with Crippen LogP contribution >= 0.6 is 11.6 Å². The number of hydrogen-bond donors (Lipinski definition) is 2. The van der Waals surface area contributed by atoms with Crippen molar-refractivity contribution in [2.45, 2.75) is 0 Å². The standard InChI is InChI=1S/C18H10ClF4N3O/c19-11-7-9(1-3-12(11)20)26-18(27)15-5-2-10(8-24-15)25-14-6-4-13(21)16(22)17(14)23/h1-8,25H,(H,26,27). The molecule has 1 heterocycles. The Morgan fingerprint density at radius 1 is 0.889 bits per heavy atom. The molecule has 0 bridgehead atoms. The van der Waals surface area contributed by atoms with Crippen LogP contribution in [0.25, 0.3) is 0 Å². The second kappa shape index (κ2) is 7.63. The predicted molar refractivity (Wildman–Crippen MR) is 93.2 cm³/mol. The van der Waals surface area contributed by atoms with E-state index in [2.05, 4.69) is 15.6 Å². The Morgan fingerprint density at radius 3 is 2.26 bits per heavy atom. The van der Waals surface area contributed by atoms with E-state index in [-0.39, 0.29) is 27.8 Å². The highest BCUT2D eigenvalue weighted by molar-refractivity contribution is 6.31. The minimum absolute atomic E-state index is 0.0201. The first-order valence-electron chi connectivity index (χ1n) is 7.48. The maximum atomic E-state index is 13.7. The molecule has 3 rings (SSSR count). The van der Waals surface area contributed by atoms with E-state index >= 15 is 0 Å². The average molecular weight is 396 g/mol. The molecule has 4 nitrogen and oxygen atoms in total. The van der Waals surface area contributed by atoms with Crippen LogP contribution in [0.15, 0.2) is 48.7 Å². The Hall–Kier alpha value is -3.13. The van der Waals surface area contributed by atoms with Crippen molar-refractivity contribution >= 4 is 34.6 Å². The quantitative estimate of drug-likeness (QED) is 0.466. The van der Waals surface area contributed by atoms with Gasteiger partial charge in [-0.05, 0) is 42.5 Å². The lowest BCUT2D eigenvalue weighted by Gasteiger charge is -2.09. The second-order valence-corrected chi connectivity index (χ2v) is 5.77. The summed E-state index contributed by atoms with van der Waals surface area (Å²) in [4.78, 5) is 16.0. The molecule has 0 radical (unpaired) electrons. The summed E-state index contributed by atoms with van der Waals surface area (Å²) in [6.45, 7) is 0. The molecule has 0 spiro atoms. The smallest absolute Gasteiger partial charge is 0.274 e. The van der Waals surface area contributed by atoms with Crippen molar-refractivity contribution in [1.29, 1.82) is 0 Å². The molecule has 0 saturated heterocycles. The van der Waals surface area contributed by atoms with Gasteiger partial charge in [-0.3, -0.25) is 4.79 Å². The van der Waals surface area contributed by atoms with Crippen molar-refractivity contribution in [3.63, 3.8) is 0 Å². The highest BCUT2D eigenvalue weighted by Gasteiger charge is 2.14. The van der Waals surface area contributed by atoms with E-state index in [1.165, 1.54) is 30.5 Å². The van der Waals surface area contributed by atoms with E-state index in [4.69, 9.17) is 11.6 Å². The number of carbonyl (C=O) groups excluding carboxylic acids is 1. The lowest BCUT2D eigenvalue weighted by molar-refractivity contribution is 0.102. The number of halogens is 5. The summed E-state index contributed by atoms with van der Waals surface area (Å²) in [6, 6.07) is 8.24. The topological polar surface area (TPSA) is 54.0 Å². The number of nitrogens with one attached hydrogen (secondary N) is 2. The van der Waals surface area contributed by atoms with E-state index in [0.29, 0.717) is 0 Å². The Kier molecular flexibility index (Phi) is 5.27. The van der Waals surface area contributed by atoms with E-state index in [9.17, 15) is 22.4 Å². The van der Waals surface area contributed by atoms with Crippen LogP contribution in [0, 0.1) is 23.3 Å². The molecule has 0 fully saturated rings. The van der Waals surface area contributed by atoms with Gasteiger partial charge in [-0.2, -0.15) is 0 Å². The lowest BCUT2D eigenvalue weighted by atomic mass is 10.2. The molecular weight excluding hydrogens is 386 g/mol. The van der Waals surface area contributed by atoms with Crippen LogP contribution in [-0.2, 0) is 0 Å². The summed E-state index contributed by atoms with van der Waals surface area (Å²) in [6.07, 6.45) is 1.22. The Labute approximate surface area is 155 Å². The number of hydrogen-bond acceptors (Lipinski definition) is 3. The number of nitrogens with zero attached hydrogens (tertiary/aromatic N) is 1. The first kappa shape index (κ1) is 18.7. The molecule has 0 aliphatic heterocycles. The van der Waals surface area contributed by atoms with Crippen LogP contribution in [-0.4, -0.2) is 10.9 Å². The van der Waals surface area contributed by atoms with Crippen molar-refractivity contribution in [2.75, 3.05) is 10.6 Å². The van der Waals surface area contributed by atoms with Gasteiger partial charge in [0.15, 0.2) is 17.5 Å². The van der Waals surface area contributed by atoms with Crippen LogP contribution < -0.4 is 10.6 Å². The maximum Gasteiger partial charge on any atom is 0.274 e. The monoisotopic (exact) mass is 395 g/mol. The average Bonchev–Trinajstić information content (AvgIpc) is 2.66. The third kappa shape index (κ3) is 4.17. The molecule has 0 atom stereocenters. The third-order valence-electron chi connectivity index (χ3n) is 3.49. The van der Waals surface area contributed by atoms with Gasteiger partial charge in [-0.25, -0.2) is 22.5 Å². The zero-order valence-electron chi connectivity index (χ0n) is 13.4. The fourth-order valence-corrected chi connectivity index (χ4v) is 2.33. The maximum absolute atomic E-state index is 13.7. The van der Waals surface area contributed by atoms with Gasteiger partial charge in [0, 0.05) is 5.69 Å². The van der Waals surface area contributed by atoms with Crippen molar-refractivity contribution in [3.05, 3.63) is 82.6 Å². The van der Waals surface area contributed by atoms with Gasteiger partial charge < -0.3 is 10.6 Å². The summed E-state index contributed by atoms with van der Waals surface area (Å²) in [7, 11) is 0. The van der Waals surface area contributed by atoms with Gasteiger partial charge in [0.25, 0.3) is 5.91 Å². The Morgan fingerprint density at radius 2 is 1.59 bits per heavy atom. The molecule has 0 aliphatic rings. The molecule has 0 aliphatic carbocycles. The molecule has 3 aromatic rings. The van der Waals surface area contributed by atoms with Gasteiger partial charge in [-0.15, -0.1) is 0 Å². The summed E-state index contributed by atoms with van der Waals surface area (Å²) < 4.78 is 53.0. The van der Waals surface area contributed by atoms with E-state index in [1.807, 2.05) is 0 Å². The fraction of sp³-hybridized carbons (Fsp3) is 0. The van der Waals surface area contributed by atoms with Gasteiger partial charge in [0.1, 0.15) is 11.5 Å². The summed E-state index contributed by atoms with van der Waals surface area (Å²) in [5.41, 5.74) is 0.265. The first-order chi connectivity index (χ1) is 12.8. The van der Waals surface area contributed by atoms with Crippen LogP contribution in [0.2, 0.25) is 5.02 Å². The summed E-state index contributed by atoms with van der Waals surface area (Å²) in [5.74, 6) is -5.47. The number of pyridine rings is 1. The zero-order chi connectivity index (χ0) is 19.6. The molecular formula is C18H10ClF4N3O. The number of rotatable bonds is 4. The summed E-state index contributed by atoms with van der Waals surface area (Å²) >= 11 is 5.64. The molecule has 138 valence electrons.